The average Bonchev–Trinajstić information content (AvgIpc) is 3.23. The van der Waals surface area contributed by atoms with Crippen LogP contribution < -0.4 is 5.32 Å². The van der Waals surface area contributed by atoms with Gasteiger partial charge in [-0.2, -0.15) is 0 Å². The van der Waals surface area contributed by atoms with Crippen LogP contribution in [0.15, 0.2) is 12.1 Å². The van der Waals surface area contributed by atoms with Gasteiger partial charge in [0.25, 0.3) is 0 Å². The maximum absolute atomic E-state index is 10.8. The molecule has 1 aromatic heterocycles. The topological polar surface area (TPSA) is 49.3 Å². The summed E-state index contributed by atoms with van der Waals surface area (Å²) >= 11 is 1.32. The Morgan fingerprint density at radius 3 is 2.17 bits per heavy atom. The van der Waals surface area contributed by atoms with Gasteiger partial charge in [0.1, 0.15) is 4.88 Å². The predicted molar refractivity (Wildman–Crippen MR) is 98.7 cm³/mol. The minimum atomic E-state index is -0.837. The summed E-state index contributed by atoms with van der Waals surface area (Å²) in [6, 6.07) is 3.53. The Morgan fingerprint density at radius 2 is 1.61 bits per heavy atom. The zero-order valence-electron chi connectivity index (χ0n) is 14.2. The van der Waals surface area contributed by atoms with E-state index < -0.39 is 5.97 Å². The molecule has 3 nitrogen and oxygen atoms in total. The molecular formula is C19H31NO2S. The van der Waals surface area contributed by atoms with Gasteiger partial charge in [-0.15, -0.1) is 11.3 Å². The molecule has 0 saturated heterocycles. The first kappa shape index (κ1) is 18.3. The quantitative estimate of drug-likeness (QED) is 0.399. The van der Waals surface area contributed by atoms with Gasteiger partial charge in [-0.1, -0.05) is 70.6 Å². The molecule has 1 saturated carbocycles. The maximum Gasteiger partial charge on any atom is 0.345 e. The van der Waals surface area contributed by atoms with Crippen LogP contribution in [-0.2, 0) is 0 Å². The number of rotatable bonds is 14. The summed E-state index contributed by atoms with van der Waals surface area (Å²) in [5.41, 5.74) is 0. The predicted octanol–water partition coefficient (Wildman–Crippen LogP) is 6.17. The molecular weight excluding hydrogens is 306 g/mol. The first-order valence-corrected chi connectivity index (χ1v) is 10.1. The van der Waals surface area contributed by atoms with Crippen molar-refractivity contribution >= 4 is 22.3 Å². The first-order valence-electron chi connectivity index (χ1n) is 9.32. The van der Waals surface area contributed by atoms with Crippen molar-refractivity contribution in [3.63, 3.8) is 0 Å². The number of carbonyl (C=O) groups is 1. The molecule has 1 fully saturated rings. The van der Waals surface area contributed by atoms with Gasteiger partial charge in [-0.25, -0.2) is 4.79 Å². The lowest BCUT2D eigenvalue weighted by atomic mass is 10.1. The van der Waals surface area contributed by atoms with Gasteiger partial charge in [-0.05, 0) is 24.5 Å². The number of carboxylic acids is 1. The van der Waals surface area contributed by atoms with Crippen LogP contribution in [0.25, 0.3) is 0 Å². The maximum atomic E-state index is 10.8. The number of hydrogen-bond donors (Lipinski definition) is 2. The average molecular weight is 338 g/mol. The zero-order chi connectivity index (χ0) is 16.3. The number of hydrogen-bond acceptors (Lipinski definition) is 3. The standard InChI is InChI=1S/C19H31NO2S/c21-19(22)17-13-14-18(23-17)20-15-9-7-5-3-1-2-4-6-8-10-16-11-12-16/h13-14,16,20H,1-12,15H2,(H,21,22). The Morgan fingerprint density at radius 1 is 1.00 bits per heavy atom. The molecule has 130 valence electrons. The second-order valence-corrected chi connectivity index (χ2v) is 7.89. The summed E-state index contributed by atoms with van der Waals surface area (Å²) in [5.74, 6) is 0.268. The normalized spacial score (nSPS) is 14.1. The monoisotopic (exact) mass is 337 g/mol. The van der Waals surface area contributed by atoms with E-state index in [1.54, 1.807) is 6.07 Å². The highest BCUT2D eigenvalue weighted by Gasteiger charge is 2.19. The third kappa shape index (κ3) is 8.40. The molecule has 0 aromatic carbocycles. The third-order valence-corrected chi connectivity index (χ3v) is 5.63. The summed E-state index contributed by atoms with van der Waals surface area (Å²) in [6.07, 6.45) is 16.8. The summed E-state index contributed by atoms with van der Waals surface area (Å²) in [6.45, 7) is 0.945. The highest BCUT2D eigenvalue weighted by Crippen LogP contribution is 2.34. The number of carboxylic acid groups (broad SMARTS) is 1. The fourth-order valence-electron chi connectivity index (χ4n) is 2.96. The first-order chi connectivity index (χ1) is 11.3. The van der Waals surface area contributed by atoms with Crippen molar-refractivity contribution in [3.8, 4) is 0 Å². The van der Waals surface area contributed by atoms with Gasteiger partial charge in [0.05, 0.1) is 5.00 Å². The molecule has 0 bridgehead atoms. The van der Waals surface area contributed by atoms with Crippen molar-refractivity contribution in [2.75, 3.05) is 11.9 Å². The summed E-state index contributed by atoms with van der Waals surface area (Å²) in [4.78, 5) is 11.2. The van der Waals surface area contributed by atoms with Crippen molar-refractivity contribution in [2.24, 2.45) is 5.92 Å². The van der Waals surface area contributed by atoms with Crippen molar-refractivity contribution in [1.29, 1.82) is 0 Å². The van der Waals surface area contributed by atoms with Gasteiger partial charge in [-0.3, -0.25) is 0 Å². The minimum Gasteiger partial charge on any atom is -0.477 e. The number of thiophene rings is 1. The molecule has 1 aliphatic carbocycles. The Balaban J connectivity index is 1.32. The van der Waals surface area contributed by atoms with E-state index in [2.05, 4.69) is 5.32 Å². The fourth-order valence-corrected chi connectivity index (χ4v) is 3.73. The molecule has 23 heavy (non-hydrogen) atoms. The zero-order valence-corrected chi connectivity index (χ0v) is 15.0. The van der Waals surface area contributed by atoms with Crippen LogP contribution in [-0.4, -0.2) is 17.6 Å². The summed E-state index contributed by atoms with van der Waals surface area (Å²) < 4.78 is 0. The lowest BCUT2D eigenvalue weighted by Gasteiger charge is -2.04. The lowest BCUT2D eigenvalue weighted by molar-refractivity contribution is 0.0702. The molecule has 2 N–H and O–H groups in total. The third-order valence-electron chi connectivity index (χ3n) is 4.60. The smallest absolute Gasteiger partial charge is 0.345 e. The largest absolute Gasteiger partial charge is 0.477 e. The minimum absolute atomic E-state index is 0.407. The van der Waals surface area contributed by atoms with Crippen molar-refractivity contribution in [3.05, 3.63) is 17.0 Å². The Labute approximate surface area is 144 Å². The Hall–Kier alpha value is -1.03. The SMILES string of the molecule is O=C(O)c1ccc(NCCCCCCCCCCCC2CC2)s1. The molecule has 0 unspecified atom stereocenters. The molecule has 1 aliphatic rings. The van der Waals surface area contributed by atoms with Crippen LogP contribution in [0.5, 0.6) is 0 Å². The number of aromatic carboxylic acids is 1. The van der Waals surface area contributed by atoms with E-state index in [4.69, 9.17) is 5.11 Å². The molecule has 1 aromatic rings. The van der Waals surface area contributed by atoms with E-state index in [0.29, 0.717) is 4.88 Å². The fraction of sp³-hybridized carbons (Fsp3) is 0.737. The molecule has 0 amide bonds. The van der Waals surface area contributed by atoms with Crippen LogP contribution in [0.2, 0.25) is 0 Å². The van der Waals surface area contributed by atoms with Gasteiger partial charge in [0, 0.05) is 6.54 Å². The van der Waals surface area contributed by atoms with Crippen molar-refractivity contribution in [1.82, 2.24) is 0 Å². The van der Waals surface area contributed by atoms with Crippen LogP contribution in [0.4, 0.5) is 5.00 Å². The molecule has 0 aliphatic heterocycles. The van der Waals surface area contributed by atoms with Gasteiger partial charge in [0.2, 0.25) is 0 Å². The second-order valence-electron chi connectivity index (χ2n) is 6.81. The number of nitrogens with one attached hydrogen (secondary N) is 1. The summed E-state index contributed by atoms with van der Waals surface area (Å²) in [7, 11) is 0. The van der Waals surface area contributed by atoms with Crippen LogP contribution >= 0.6 is 11.3 Å². The Bertz CT molecular complexity index is 454. The van der Waals surface area contributed by atoms with E-state index in [1.165, 1.54) is 88.4 Å². The van der Waals surface area contributed by atoms with E-state index >= 15 is 0 Å². The molecule has 4 heteroatoms. The van der Waals surface area contributed by atoms with Gasteiger partial charge < -0.3 is 10.4 Å². The number of anilines is 1. The lowest BCUT2D eigenvalue weighted by Crippen LogP contribution is -1.99. The van der Waals surface area contributed by atoms with E-state index in [9.17, 15) is 4.79 Å². The number of unbranched alkanes of at least 4 members (excludes halogenated alkanes) is 8. The van der Waals surface area contributed by atoms with Crippen LogP contribution in [0.1, 0.15) is 86.7 Å². The second kappa shape index (κ2) is 10.7. The van der Waals surface area contributed by atoms with Gasteiger partial charge in [0.15, 0.2) is 0 Å². The van der Waals surface area contributed by atoms with Crippen molar-refractivity contribution < 1.29 is 9.90 Å². The Kier molecular flexibility index (Phi) is 8.51. The van der Waals surface area contributed by atoms with Crippen LogP contribution in [0.3, 0.4) is 0 Å². The van der Waals surface area contributed by atoms with Crippen molar-refractivity contribution in [2.45, 2.75) is 77.0 Å². The van der Waals surface area contributed by atoms with E-state index in [-0.39, 0.29) is 0 Å². The molecule has 0 spiro atoms. The molecule has 0 radical (unpaired) electrons. The highest BCUT2D eigenvalue weighted by molar-refractivity contribution is 7.17. The van der Waals surface area contributed by atoms with Crippen LogP contribution in [0, 0.1) is 5.92 Å². The van der Waals surface area contributed by atoms with Gasteiger partial charge >= 0.3 is 5.97 Å². The molecule has 0 atom stereocenters. The summed E-state index contributed by atoms with van der Waals surface area (Å²) in [5, 5.41) is 13.1. The van der Waals surface area contributed by atoms with E-state index in [0.717, 1.165) is 17.5 Å². The molecule has 1 heterocycles. The highest BCUT2D eigenvalue weighted by atomic mass is 32.1. The van der Waals surface area contributed by atoms with E-state index in [1.807, 2.05) is 6.07 Å². The molecule has 2 rings (SSSR count).